The van der Waals surface area contributed by atoms with E-state index in [0.29, 0.717) is 33.0 Å². The van der Waals surface area contributed by atoms with Gasteiger partial charge in [-0.25, -0.2) is 0 Å². The predicted octanol–water partition coefficient (Wildman–Crippen LogP) is 4.94. The Kier molecular flexibility index (Phi) is 11.9. The number of carbonyl (C=O) groups excluding carboxylic acids is 1. The van der Waals surface area contributed by atoms with Crippen LogP contribution in [-0.4, -0.2) is 95.4 Å². The van der Waals surface area contributed by atoms with Crippen molar-refractivity contribution < 1.29 is 33.2 Å². The second kappa shape index (κ2) is 16.0. The number of anilines is 1. The Labute approximate surface area is 262 Å². The van der Waals surface area contributed by atoms with E-state index in [0.717, 1.165) is 67.9 Å². The number of morpholine rings is 1. The number of nitrogens with zero attached hydrogens (tertiary/aromatic N) is 2. The first kappa shape index (κ1) is 32.7. The Hall–Kier alpha value is -2.69. The van der Waals surface area contributed by atoms with Crippen LogP contribution in [0.25, 0.3) is 0 Å². The fourth-order valence-corrected chi connectivity index (χ4v) is 6.92. The SMILES string of the molecule is COCCCN1CCOc2ccc(CO[C@H]3CCC[C@@H](OCC(=O)N4[C@H](C)COC[C@@H]4C)[C@@H]3c3ccc(COC)cc3)cc21. The molecule has 1 aliphatic carbocycles. The Bertz CT molecular complexity index is 1180. The molecule has 1 amide bonds. The molecule has 1 saturated carbocycles. The van der Waals surface area contributed by atoms with Crippen LogP contribution in [0.4, 0.5) is 5.69 Å². The summed E-state index contributed by atoms with van der Waals surface area (Å²) >= 11 is 0. The van der Waals surface area contributed by atoms with Crippen LogP contribution in [0.2, 0.25) is 0 Å². The summed E-state index contributed by atoms with van der Waals surface area (Å²) < 4.78 is 35.4. The van der Waals surface area contributed by atoms with Crippen LogP contribution in [0.3, 0.4) is 0 Å². The van der Waals surface area contributed by atoms with E-state index < -0.39 is 0 Å². The Balaban J connectivity index is 1.30. The van der Waals surface area contributed by atoms with Crippen LogP contribution >= 0.6 is 0 Å². The summed E-state index contributed by atoms with van der Waals surface area (Å²) in [6.07, 6.45) is 3.62. The first-order valence-corrected chi connectivity index (χ1v) is 16.2. The van der Waals surface area contributed by atoms with Gasteiger partial charge in [0.05, 0.1) is 63.0 Å². The van der Waals surface area contributed by atoms with E-state index in [2.05, 4.69) is 47.4 Å². The summed E-state index contributed by atoms with van der Waals surface area (Å²) in [6.45, 7) is 9.55. The summed E-state index contributed by atoms with van der Waals surface area (Å²) in [5, 5.41) is 0. The van der Waals surface area contributed by atoms with Gasteiger partial charge in [-0.15, -0.1) is 0 Å². The van der Waals surface area contributed by atoms with Gasteiger partial charge in [-0.2, -0.15) is 0 Å². The summed E-state index contributed by atoms with van der Waals surface area (Å²) in [5.74, 6) is 0.960. The van der Waals surface area contributed by atoms with Crippen molar-refractivity contribution in [2.24, 2.45) is 0 Å². The van der Waals surface area contributed by atoms with Crippen LogP contribution in [0, 0.1) is 0 Å². The summed E-state index contributed by atoms with van der Waals surface area (Å²) in [7, 11) is 3.45. The zero-order valence-electron chi connectivity index (χ0n) is 26.9. The lowest BCUT2D eigenvalue weighted by atomic mass is 9.79. The van der Waals surface area contributed by atoms with Gasteiger partial charge in [0.1, 0.15) is 19.0 Å². The van der Waals surface area contributed by atoms with Gasteiger partial charge < -0.3 is 38.2 Å². The molecule has 0 bridgehead atoms. The van der Waals surface area contributed by atoms with Gasteiger partial charge in [-0.3, -0.25) is 4.79 Å². The molecule has 5 rings (SSSR count). The fourth-order valence-electron chi connectivity index (χ4n) is 6.92. The first-order chi connectivity index (χ1) is 21.5. The highest BCUT2D eigenvalue weighted by Gasteiger charge is 2.37. The Morgan fingerprint density at radius 2 is 1.64 bits per heavy atom. The van der Waals surface area contributed by atoms with Crippen molar-refractivity contribution in [3.8, 4) is 5.75 Å². The van der Waals surface area contributed by atoms with E-state index in [1.807, 2.05) is 18.7 Å². The highest BCUT2D eigenvalue weighted by atomic mass is 16.5. The molecule has 9 heteroatoms. The lowest BCUT2D eigenvalue weighted by Crippen LogP contribution is -2.54. The molecule has 0 unspecified atom stereocenters. The number of hydrogen-bond donors (Lipinski definition) is 0. The molecule has 5 atom stereocenters. The topological polar surface area (TPSA) is 78.9 Å². The normalized spacial score (nSPS) is 25.4. The monoisotopic (exact) mass is 610 g/mol. The lowest BCUT2D eigenvalue weighted by Gasteiger charge is -2.41. The molecule has 1 saturated heterocycles. The van der Waals surface area contributed by atoms with E-state index in [-0.39, 0.29) is 42.7 Å². The van der Waals surface area contributed by atoms with Crippen LogP contribution in [0.1, 0.15) is 62.1 Å². The third-order valence-corrected chi connectivity index (χ3v) is 9.05. The molecule has 2 aromatic rings. The van der Waals surface area contributed by atoms with Crippen molar-refractivity contribution in [1.82, 2.24) is 4.90 Å². The van der Waals surface area contributed by atoms with Gasteiger partial charge in [0, 0.05) is 33.3 Å². The maximum absolute atomic E-state index is 13.3. The van der Waals surface area contributed by atoms with Crippen molar-refractivity contribution >= 4 is 11.6 Å². The molecule has 242 valence electrons. The van der Waals surface area contributed by atoms with Gasteiger partial charge in [-0.05, 0) is 68.4 Å². The predicted molar refractivity (Wildman–Crippen MR) is 169 cm³/mol. The smallest absolute Gasteiger partial charge is 0.249 e. The molecular weight excluding hydrogens is 560 g/mol. The highest BCUT2D eigenvalue weighted by Crippen LogP contribution is 2.39. The summed E-state index contributed by atoms with van der Waals surface area (Å²) in [4.78, 5) is 17.6. The number of ether oxygens (including phenoxy) is 6. The standard InChI is InChI=1S/C35H50N2O7/c1-25-20-41-21-26(2)37(25)34(38)24-44-33-8-5-7-32(35(33)29-12-9-27(10-13-29)22-40-4)43-23-28-11-14-31-30(19-28)36(16-18-42-31)15-6-17-39-3/h9-14,19,25-26,32-33,35H,5-8,15-18,20-24H2,1-4H3/t25-,26+,32-,33+,35+/m0/s1. The first-order valence-electron chi connectivity index (χ1n) is 16.2. The number of fused-ring (bicyclic) bond motifs is 1. The number of rotatable bonds is 13. The third-order valence-electron chi connectivity index (χ3n) is 9.05. The second-order valence-electron chi connectivity index (χ2n) is 12.4. The second-order valence-corrected chi connectivity index (χ2v) is 12.4. The largest absolute Gasteiger partial charge is 0.490 e. The molecule has 9 nitrogen and oxygen atoms in total. The minimum absolute atomic E-state index is 0.0131. The molecular formula is C35H50N2O7. The quantitative estimate of drug-likeness (QED) is 0.295. The molecule has 2 aromatic carbocycles. The van der Waals surface area contributed by atoms with Gasteiger partial charge in [0.25, 0.3) is 0 Å². The number of methoxy groups -OCH3 is 2. The van der Waals surface area contributed by atoms with Crippen LogP contribution in [0.5, 0.6) is 5.75 Å². The minimum atomic E-state index is -0.120. The number of amides is 1. The average molecular weight is 611 g/mol. The van der Waals surface area contributed by atoms with E-state index in [9.17, 15) is 4.79 Å². The van der Waals surface area contributed by atoms with Crippen LogP contribution in [-0.2, 0) is 41.7 Å². The van der Waals surface area contributed by atoms with Crippen molar-refractivity contribution in [2.45, 2.75) is 83.0 Å². The van der Waals surface area contributed by atoms with Gasteiger partial charge in [-0.1, -0.05) is 30.3 Å². The molecule has 2 aliphatic heterocycles. The molecule has 44 heavy (non-hydrogen) atoms. The van der Waals surface area contributed by atoms with Crippen molar-refractivity contribution in [1.29, 1.82) is 0 Å². The lowest BCUT2D eigenvalue weighted by molar-refractivity contribution is -0.153. The zero-order valence-corrected chi connectivity index (χ0v) is 26.9. The Morgan fingerprint density at radius 1 is 0.909 bits per heavy atom. The number of hydrogen-bond acceptors (Lipinski definition) is 8. The van der Waals surface area contributed by atoms with Gasteiger partial charge in [0.15, 0.2) is 0 Å². The van der Waals surface area contributed by atoms with Crippen LogP contribution in [0.15, 0.2) is 42.5 Å². The van der Waals surface area contributed by atoms with Crippen LogP contribution < -0.4 is 9.64 Å². The molecule has 0 spiro atoms. The average Bonchev–Trinajstić information content (AvgIpc) is 3.03. The highest BCUT2D eigenvalue weighted by molar-refractivity contribution is 5.78. The van der Waals surface area contributed by atoms with Gasteiger partial charge in [0.2, 0.25) is 5.91 Å². The third kappa shape index (κ3) is 8.12. The minimum Gasteiger partial charge on any atom is -0.490 e. The molecule has 3 aliphatic rings. The molecule has 0 radical (unpaired) electrons. The number of carbonyl (C=O) groups is 1. The molecule has 0 aromatic heterocycles. The maximum Gasteiger partial charge on any atom is 0.249 e. The van der Waals surface area contributed by atoms with E-state index in [4.69, 9.17) is 28.4 Å². The Morgan fingerprint density at radius 3 is 2.36 bits per heavy atom. The van der Waals surface area contributed by atoms with Crippen molar-refractivity contribution in [2.75, 3.05) is 65.2 Å². The fraction of sp³-hybridized carbons (Fsp3) is 0.629. The molecule has 0 N–H and O–H groups in total. The van der Waals surface area contributed by atoms with E-state index in [1.54, 1.807) is 14.2 Å². The summed E-state index contributed by atoms with van der Waals surface area (Å²) in [5.41, 5.74) is 4.53. The van der Waals surface area contributed by atoms with E-state index >= 15 is 0 Å². The summed E-state index contributed by atoms with van der Waals surface area (Å²) in [6, 6.07) is 15.0. The van der Waals surface area contributed by atoms with Gasteiger partial charge >= 0.3 is 0 Å². The van der Waals surface area contributed by atoms with Crippen molar-refractivity contribution in [3.05, 3.63) is 59.2 Å². The number of benzene rings is 2. The zero-order chi connectivity index (χ0) is 30.9. The van der Waals surface area contributed by atoms with Crippen molar-refractivity contribution in [3.63, 3.8) is 0 Å². The maximum atomic E-state index is 13.3. The molecule has 2 heterocycles. The molecule has 2 fully saturated rings. The van der Waals surface area contributed by atoms with E-state index in [1.165, 1.54) is 5.56 Å².